The zero-order valence-corrected chi connectivity index (χ0v) is 9.19. The number of carbonyl (C=O) groups is 1. The highest BCUT2D eigenvalue weighted by molar-refractivity contribution is 7.09. The van der Waals surface area contributed by atoms with Gasteiger partial charge in [-0.05, 0) is 14.0 Å². The molecule has 0 radical (unpaired) electrons. The average Bonchev–Trinajstić information content (AvgIpc) is 2.63. The molecule has 0 spiro atoms. The maximum absolute atomic E-state index is 11.2. The first-order valence-electron chi connectivity index (χ1n) is 4.54. The van der Waals surface area contributed by atoms with Gasteiger partial charge in [0.2, 0.25) is 0 Å². The lowest BCUT2D eigenvalue weighted by atomic mass is 10.4. The summed E-state index contributed by atoms with van der Waals surface area (Å²) in [5.74, 6) is -0.334. The summed E-state index contributed by atoms with van der Waals surface area (Å²) < 4.78 is 4.84. The monoisotopic (exact) mass is 214 g/mol. The number of esters is 1. The first kappa shape index (κ1) is 11.1. The summed E-state index contributed by atoms with van der Waals surface area (Å²) in [5.41, 5.74) is 0.419. The van der Waals surface area contributed by atoms with E-state index in [0.29, 0.717) is 12.3 Å². The van der Waals surface area contributed by atoms with Gasteiger partial charge >= 0.3 is 5.97 Å². The van der Waals surface area contributed by atoms with E-state index in [9.17, 15) is 4.79 Å². The van der Waals surface area contributed by atoms with E-state index in [1.165, 1.54) is 11.3 Å². The Balaban J connectivity index is 2.54. The Morgan fingerprint density at radius 2 is 2.50 bits per heavy atom. The number of ether oxygens (including phenoxy) is 1. The highest BCUT2D eigenvalue weighted by atomic mass is 32.1. The molecule has 0 saturated carbocycles. The van der Waals surface area contributed by atoms with Crippen LogP contribution in [0.2, 0.25) is 0 Å². The molecule has 14 heavy (non-hydrogen) atoms. The van der Waals surface area contributed by atoms with Crippen LogP contribution in [0.1, 0.15) is 22.4 Å². The fraction of sp³-hybridized carbons (Fsp3) is 0.556. The third-order valence-corrected chi connectivity index (χ3v) is 2.53. The Kier molecular flexibility index (Phi) is 4.55. The first-order valence-corrected chi connectivity index (χ1v) is 5.42. The fourth-order valence-corrected chi connectivity index (χ4v) is 1.72. The van der Waals surface area contributed by atoms with Crippen LogP contribution in [0.4, 0.5) is 0 Å². The number of hydrogen-bond donors (Lipinski definition) is 1. The van der Waals surface area contributed by atoms with Crippen molar-refractivity contribution < 1.29 is 9.53 Å². The van der Waals surface area contributed by atoms with Gasteiger partial charge in [-0.1, -0.05) is 0 Å². The predicted molar refractivity (Wildman–Crippen MR) is 55.7 cm³/mol. The maximum Gasteiger partial charge on any atom is 0.357 e. The van der Waals surface area contributed by atoms with E-state index in [1.54, 1.807) is 12.3 Å². The van der Waals surface area contributed by atoms with Gasteiger partial charge in [0, 0.05) is 18.3 Å². The summed E-state index contributed by atoms with van der Waals surface area (Å²) in [4.78, 5) is 15.4. The molecule has 0 atom stereocenters. The van der Waals surface area contributed by atoms with Gasteiger partial charge in [-0.3, -0.25) is 0 Å². The van der Waals surface area contributed by atoms with Crippen molar-refractivity contribution in [2.45, 2.75) is 13.3 Å². The molecular formula is C9H14N2O2S. The van der Waals surface area contributed by atoms with Gasteiger partial charge in [0.15, 0.2) is 5.69 Å². The van der Waals surface area contributed by atoms with Gasteiger partial charge in [-0.25, -0.2) is 9.78 Å². The molecule has 0 aliphatic carbocycles. The van der Waals surface area contributed by atoms with Crippen molar-refractivity contribution in [3.05, 3.63) is 16.1 Å². The van der Waals surface area contributed by atoms with Gasteiger partial charge in [-0.2, -0.15) is 0 Å². The lowest BCUT2D eigenvalue weighted by Crippen LogP contribution is -2.10. The maximum atomic E-state index is 11.2. The summed E-state index contributed by atoms with van der Waals surface area (Å²) in [7, 11) is 1.89. The van der Waals surface area contributed by atoms with Crippen molar-refractivity contribution in [3.8, 4) is 0 Å². The van der Waals surface area contributed by atoms with Crippen LogP contribution in [0, 0.1) is 0 Å². The molecule has 1 aromatic rings. The number of rotatable bonds is 5. The van der Waals surface area contributed by atoms with Gasteiger partial charge in [0.05, 0.1) is 11.6 Å². The van der Waals surface area contributed by atoms with Gasteiger partial charge in [0.25, 0.3) is 0 Å². The standard InChI is InChI=1S/C9H14N2O2S/c1-3-13-9(12)7-6-14-8(11-7)4-5-10-2/h6,10H,3-5H2,1-2H3. The smallest absolute Gasteiger partial charge is 0.357 e. The van der Waals surface area contributed by atoms with Crippen molar-refractivity contribution in [1.82, 2.24) is 10.3 Å². The minimum atomic E-state index is -0.334. The highest BCUT2D eigenvalue weighted by Gasteiger charge is 2.10. The molecule has 1 rings (SSSR count). The number of thiazole rings is 1. The van der Waals surface area contributed by atoms with Crippen LogP contribution in [0.3, 0.4) is 0 Å². The molecule has 0 aliphatic rings. The Bertz CT molecular complexity index is 299. The highest BCUT2D eigenvalue weighted by Crippen LogP contribution is 2.10. The Morgan fingerprint density at radius 1 is 1.71 bits per heavy atom. The second-order valence-corrected chi connectivity index (χ2v) is 3.64. The van der Waals surface area contributed by atoms with Crippen LogP contribution < -0.4 is 5.32 Å². The summed E-state index contributed by atoms with van der Waals surface area (Å²) in [6, 6.07) is 0. The number of likely N-dealkylation sites (N-methyl/N-ethyl adjacent to an activating group) is 1. The summed E-state index contributed by atoms with van der Waals surface area (Å²) in [6.07, 6.45) is 0.848. The van der Waals surface area contributed by atoms with Crippen LogP contribution in [0.25, 0.3) is 0 Å². The van der Waals surface area contributed by atoms with E-state index in [0.717, 1.165) is 18.0 Å². The molecular weight excluding hydrogens is 200 g/mol. The normalized spacial score (nSPS) is 10.1. The molecule has 0 saturated heterocycles. The van der Waals surface area contributed by atoms with E-state index < -0.39 is 0 Å². The Hall–Kier alpha value is -0.940. The van der Waals surface area contributed by atoms with Crippen molar-refractivity contribution in [3.63, 3.8) is 0 Å². The molecule has 0 bridgehead atoms. The zero-order valence-electron chi connectivity index (χ0n) is 8.37. The summed E-state index contributed by atoms with van der Waals surface area (Å²) >= 11 is 1.49. The topological polar surface area (TPSA) is 51.2 Å². The molecule has 78 valence electrons. The number of nitrogens with zero attached hydrogens (tertiary/aromatic N) is 1. The Morgan fingerprint density at radius 3 is 3.14 bits per heavy atom. The molecule has 1 aromatic heterocycles. The molecule has 0 aliphatic heterocycles. The van der Waals surface area contributed by atoms with Gasteiger partial charge in [-0.15, -0.1) is 11.3 Å². The minimum Gasteiger partial charge on any atom is -0.461 e. The van der Waals surface area contributed by atoms with Crippen LogP contribution in [0.5, 0.6) is 0 Å². The first-order chi connectivity index (χ1) is 6.77. The van der Waals surface area contributed by atoms with Crippen molar-refractivity contribution in [2.24, 2.45) is 0 Å². The van der Waals surface area contributed by atoms with E-state index in [-0.39, 0.29) is 5.97 Å². The van der Waals surface area contributed by atoms with Crippen molar-refractivity contribution in [1.29, 1.82) is 0 Å². The van der Waals surface area contributed by atoms with Crippen LogP contribution in [0.15, 0.2) is 5.38 Å². The minimum absolute atomic E-state index is 0.334. The zero-order chi connectivity index (χ0) is 10.4. The molecule has 0 fully saturated rings. The van der Waals surface area contributed by atoms with Crippen molar-refractivity contribution in [2.75, 3.05) is 20.2 Å². The van der Waals surface area contributed by atoms with E-state index in [2.05, 4.69) is 10.3 Å². The molecule has 0 amide bonds. The Labute approximate surface area is 87.3 Å². The number of hydrogen-bond acceptors (Lipinski definition) is 5. The van der Waals surface area contributed by atoms with Crippen molar-refractivity contribution >= 4 is 17.3 Å². The average molecular weight is 214 g/mol. The van der Waals surface area contributed by atoms with E-state index in [1.807, 2.05) is 7.05 Å². The lowest BCUT2D eigenvalue weighted by molar-refractivity contribution is 0.0520. The van der Waals surface area contributed by atoms with Gasteiger partial charge in [0.1, 0.15) is 0 Å². The largest absolute Gasteiger partial charge is 0.461 e. The van der Waals surface area contributed by atoms with Crippen LogP contribution in [-0.4, -0.2) is 31.2 Å². The molecule has 0 unspecified atom stereocenters. The SMILES string of the molecule is CCOC(=O)c1csc(CCNC)n1. The molecule has 5 heteroatoms. The molecule has 0 aromatic carbocycles. The fourth-order valence-electron chi connectivity index (χ4n) is 0.956. The predicted octanol–water partition coefficient (Wildman–Crippen LogP) is 1.08. The number of nitrogens with one attached hydrogen (secondary N) is 1. The molecule has 1 heterocycles. The second kappa shape index (κ2) is 5.72. The molecule has 1 N–H and O–H groups in total. The van der Waals surface area contributed by atoms with Crippen LogP contribution in [-0.2, 0) is 11.2 Å². The summed E-state index contributed by atoms with van der Waals surface area (Å²) in [5, 5.41) is 5.73. The number of aromatic nitrogens is 1. The third-order valence-electron chi connectivity index (χ3n) is 1.63. The second-order valence-electron chi connectivity index (χ2n) is 2.70. The lowest BCUT2D eigenvalue weighted by Gasteiger charge is -1.96. The van der Waals surface area contributed by atoms with E-state index in [4.69, 9.17) is 4.74 Å². The molecule has 4 nitrogen and oxygen atoms in total. The summed E-state index contributed by atoms with van der Waals surface area (Å²) in [6.45, 7) is 3.05. The van der Waals surface area contributed by atoms with E-state index >= 15 is 0 Å². The number of carbonyl (C=O) groups excluding carboxylic acids is 1. The quantitative estimate of drug-likeness (QED) is 0.745. The van der Waals surface area contributed by atoms with Crippen LogP contribution >= 0.6 is 11.3 Å². The van der Waals surface area contributed by atoms with Gasteiger partial charge < -0.3 is 10.1 Å². The third kappa shape index (κ3) is 3.08.